The second-order valence-corrected chi connectivity index (χ2v) is 6.47. The first-order valence-electron chi connectivity index (χ1n) is 7.56. The van der Waals surface area contributed by atoms with Gasteiger partial charge in [0.2, 0.25) is 11.8 Å². The highest BCUT2D eigenvalue weighted by atomic mass is 32.2. The van der Waals surface area contributed by atoms with Gasteiger partial charge < -0.3 is 10.6 Å². The number of anilines is 1. The van der Waals surface area contributed by atoms with Crippen LogP contribution in [0.4, 0.5) is 5.69 Å². The van der Waals surface area contributed by atoms with Crippen molar-refractivity contribution in [2.75, 3.05) is 17.2 Å². The van der Waals surface area contributed by atoms with Gasteiger partial charge in [-0.1, -0.05) is 24.3 Å². The topological polar surface area (TPSA) is 63.4 Å². The van der Waals surface area contributed by atoms with Gasteiger partial charge in [-0.3, -0.25) is 9.59 Å². The fraction of sp³-hybridized carbons (Fsp3) is 0.222. The van der Waals surface area contributed by atoms with Crippen LogP contribution in [0.3, 0.4) is 0 Å². The molecule has 0 bridgehead atoms. The molecule has 2 aromatic rings. The van der Waals surface area contributed by atoms with E-state index in [-0.39, 0.29) is 5.91 Å². The van der Waals surface area contributed by atoms with E-state index < -0.39 is 5.91 Å². The lowest BCUT2D eigenvalue weighted by atomic mass is 9.96. The van der Waals surface area contributed by atoms with Crippen molar-refractivity contribution in [2.45, 2.75) is 17.7 Å². The van der Waals surface area contributed by atoms with E-state index in [1.807, 2.05) is 36.4 Å². The summed E-state index contributed by atoms with van der Waals surface area (Å²) in [5, 5.41) is 0. The summed E-state index contributed by atoms with van der Waals surface area (Å²) in [5.41, 5.74) is 7.69. The Morgan fingerprint density at radius 2 is 1.87 bits per heavy atom. The van der Waals surface area contributed by atoms with Gasteiger partial charge in [0.25, 0.3) is 0 Å². The van der Waals surface area contributed by atoms with Crippen molar-refractivity contribution in [1.29, 1.82) is 0 Å². The number of hydrogen-bond acceptors (Lipinski definition) is 3. The molecule has 2 amide bonds. The van der Waals surface area contributed by atoms with Crippen LogP contribution in [0.2, 0.25) is 0 Å². The third-order valence-electron chi connectivity index (χ3n) is 3.92. The minimum atomic E-state index is -0.435. The summed E-state index contributed by atoms with van der Waals surface area (Å²) in [6.07, 6.45) is 1.63. The molecule has 0 spiro atoms. The van der Waals surface area contributed by atoms with Gasteiger partial charge in [-0.15, -0.1) is 11.8 Å². The molecule has 2 N–H and O–H groups in total. The Balaban J connectivity index is 1.78. The third-order valence-corrected chi connectivity index (χ3v) is 4.92. The minimum absolute atomic E-state index is 0.0569. The first kappa shape index (κ1) is 15.6. The summed E-state index contributed by atoms with van der Waals surface area (Å²) in [7, 11) is 0. The number of fused-ring (bicyclic) bond motifs is 1. The standard InChI is InChI=1S/C18H18N2O2S/c19-18(22)15-8-4-10-16-14(15)9-5-11-20(16)17(21)12-23-13-6-2-1-3-7-13/h1-4,6-8,10H,5,9,11-12H2,(H2,19,22). The Bertz CT molecular complexity index is 731. The number of carbonyl (C=O) groups is 2. The summed E-state index contributed by atoms with van der Waals surface area (Å²) in [6.45, 7) is 0.684. The molecular formula is C18H18N2O2S. The number of benzene rings is 2. The molecule has 0 unspecified atom stereocenters. The summed E-state index contributed by atoms with van der Waals surface area (Å²) in [5.74, 6) is 0.000731. The van der Waals surface area contributed by atoms with E-state index >= 15 is 0 Å². The van der Waals surface area contributed by atoms with Crippen LogP contribution in [-0.2, 0) is 11.2 Å². The molecule has 0 aromatic heterocycles. The van der Waals surface area contributed by atoms with Crippen molar-refractivity contribution in [3.8, 4) is 0 Å². The van der Waals surface area contributed by atoms with Gasteiger partial charge >= 0.3 is 0 Å². The molecule has 5 heteroatoms. The lowest BCUT2D eigenvalue weighted by molar-refractivity contribution is -0.116. The molecule has 23 heavy (non-hydrogen) atoms. The van der Waals surface area contributed by atoms with Gasteiger partial charge in [-0.2, -0.15) is 0 Å². The van der Waals surface area contributed by atoms with Gasteiger partial charge in [0.05, 0.1) is 5.75 Å². The molecule has 0 radical (unpaired) electrons. The maximum absolute atomic E-state index is 12.6. The van der Waals surface area contributed by atoms with Gasteiger partial charge in [0, 0.05) is 22.7 Å². The molecule has 1 heterocycles. The maximum atomic E-state index is 12.6. The molecule has 2 aromatic carbocycles. The van der Waals surface area contributed by atoms with Gasteiger partial charge in [0.15, 0.2) is 0 Å². The number of carbonyl (C=O) groups excluding carboxylic acids is 2. The zero-order chi connectivity index (χ0) is 16.2. The monoisotopic (exact) mass is 326 g/mol. The molecule has 3 rings (SSSR count). The van der Waals surface area contributed by atoms with E-state index in [0.29, 0.717) is 17.9 Å². The van der Waals surface area contributed by atoms with Crippen LogP contribution in [0, 0.1) is 0 Å². The van der Waals surface area contributed by atoms with Crippen LogP contribution < -0.4 is 10.6 Å². The first-order chi connectivity index (χ1) is 11.2. The Labute approximate surface area is 139 Å². The lowest BCUT2D eigenvalue weighted by Gasteiger charge is -2.30. The quantitative estimate of drug-likeness (QED) is 0.879. The molecule has 0 saturated carbocycles. The Morgan fingerprint density at radius 1 is 1.09 bits per heavy atom. The SMILES string of the molecule is NC(=O)c1cccc2c1CCCN2C(=O)CSc1ccccc1. The molecule has 4 nitrogen and oxygen atoms in total. The van der Waals surface area contributed by atoms with E-state index in [2.05, 4.69) is 0 Å². The molecule has 0 saturated heterocycles. The van der Waals surface area contributed by atoms with Crippen molar-refractivity contribution in [3.05, 3.63) is 59.7 Å². The summed E-state index contributed by atoms with van der Waals surface area (Å²) < 4.78 is 0. The third kappa shape index (κ3) is 3.40. The predicted molar refractivity (Wildman–Crippen MR) is 92.8 cm³/mol. The van der Waals surface area contributed by atoms with Crippen LogP contribution in [0.15, 0.2) is 53.4 Å². The van der Waals surface area contributed by atoms with Crippen LogP contribution in [0.25, 0.3) is 0 Å². The zero-order valence-electron chi connectivity index (χ0n) is 12.7. The summed E-state index contributed by atoms with van der Waals surface area (Å²) in [4.78, 5) is 27.0. The minimum Gasteiger partial charge on any atom is -0.366 e. The van der Waals surface area contributed by atoms with E-state index in [9.17, 15) is 9.59 Å². The molecule has 118 valence electrons. The van der Waals surface area contributed by atoms with E-state index in [0.717, 1.165) is 29.0 Å². The Kier molecular flexibility index (Phi) is 4.67. The van der Waals surface area contributed by atoms with E-state index in [1.165, 1.54) is 11.8 Å². The normalized spacial score (nSPS) is 13.5. The fourth-order valence-electron chi connectivity index (χ4n) is 2.85. The van der Waals surface area contributed by atoms with Crippen molar-refractivity contribution in [2.24, 2.45) is 5.73 Å². The summed E-state index contributed by atoms with van der Waals surface area (Å²) >= 11 is 1.52. The molecule has 0 aliphatic carbocycles. The van der Waals surface area contributed by atoms with Crippen molar-refractivity contribution in [1.82, 2.24) is 0 Å². The average molecular weight is 326 g/mol. The number of amides is 2. The number of rotatable bonds is 4. The van der Waals surface area contributed by atoms with Gasteiger partial charge in [-0.25, -0.2) is 0 Å². The number of nitrogens with two attached hydrogens (primary N) is 1. The Morgan fingerprint density at radius 3 is 2.61 bits per heavy atom. The number of thioether (sulfide) groups is 1. The molecule has 0 atom stereocenters. The highest BCUT2D eigenvalue weighted by Crippen LogP contribution is 2.30. The number of hydrogen-bond donors (Lipinski definition) is 1. The van der Waals surface area contributed by atoms with Crippen LogP contribution in [0.5, 0.6) is 0 Å². The van der Waals surface area contributed by atoms with Crippen LogP contribution in [0.1, 0.15) is 22.3 Å². The fourth-order valence-corrected chi connectivity index (χ4v) is 3.65. The average Bonchev–Trinajstić information content (AvgIpc) is 2.59. The maximum Gasteiger partial charge on any atom is 0.249 e. The highest BCUT2D eigenvalue weighted by molar-refractivity contribution is 8.00. The van der Waals surface area contributed by atoms with E-state index in [4.69, 9.17) is 5.73 Å². The highest BCUT2D eigenvalue weighted by Gasteiger charge is 2.25. The second-order valence-electron chi connectivity index (χ2n) is 5.42. The van der Waals surface area contributed by atoms with Gasteiger partial charge in [0.1, 0.15) is 0 Å². The molecule has 1 aliphatic rings. The number of nitrogens with zero attached hydrogens (tertiary/aromatic N) is 1. The largest absolute Gasteiger partial charge is 0.366 e. The van der Waals surface area contributed by atoms with Crippen molar-refractivity contribution >= 4 is 29.3 Å². The zero-order valence-corrected chi connectivity index (χ0v) is 13.5. The van der Waals surface area contributed by atoms with E-state index in [1.54, 1.807) is 17.0 Å². The van der Waals surface area contributed by atoms with Crippen LogP contribution >= 0.6 is 11.8 Å². The lowest BCUT2D eigenvalue weighted by Crippen LogP contribution is -2.37. The Hall–Kier alpha value is -2.27. The second kappa shape index (κ2) is 6.87. The smallest absolute Gasteiger partial charge is 0.249 e. The van der Waals surface area contributed by atoms with Crippen molar-refractivity contribution in [3.63, 3.8) is 0 Å². The number of primary amides is 1. The molecule has 1 aliphatic heterocycles. The predicted octanol–water partition coefficient (Wildman–Crippen LogP) is 2.86. The van der Waals surface area contributed by atoms with Crippen LogP contribution in [-0.4, -0.2) is 24.1 Å². The van der Waals surface area contributed by atoms with Gasteiger partial charge in [-0.05, 0) is 42.7 Å². The molecular weight excluding hydrogens is 308 g/mol. The van der Waals surface area contributed by atoms with Crippen molar-refractivity contribution < 1.29 is 9.59 Å². The summed E-state index contributed by atoms with van der Waals surface area (Å²) in [6, 6.07) is 15.3. The first-order valence-corrected chi connectivity index (χ1v) is 8.55. The molecule has 0 fully saturated rings.